The molecule has 2 aliphatic carbocycles. The van der Waals surface area contributed by atoms with E-state index in [2.05, 4.69) is 5.32 Å². The van der Waals surface area contributed by atoms with E-state index in [1.807, 2.05) is 6.92 Å². The van der Waals surface area contributed by atoms with Crippen LogP contribution in [0.15, 0.2) is 0 Å². The summed E-state index contributed by atoms with van der Waals surface area (Å²) in [6, 6.07) is -1.24. The summed E-state index contributed by atoms with van der Waals surface area (Å²) >= 11 is 0. The average molecular weight is 690 g/mol. The van der Waals surface area contributed by atoms with E-state index in [1.54, 1.807) is 0 Å². The second-order valence-corrected chi connectivity index (χ2v) is 14.0. The molecule has 7 unspecified atom stereocenters. The van der Waals surface area contributed by atoms with Crippen molar-refractivity contribution in [1.82, 2.24) is 5.32 Å². The number of carbonyl (C=O) groups excluding carboxylic acids is 2. The first-order chi connectivity index (χ1) is 22.7. The molecule has 0 aromatic heterocycles. The zero-order chi connectivity index (χ0) is 35.3. The molecule has 2 saturated carbocycles. The van der Waals surface area contributed by atoms with Crippen LogP contribution < -0.4 is 5.32 Å². The number of hydrogen-bond acceptors (Lipinski definition) is 13. The van der Waals surface area contributed by atoms with Gasteiger partial charge in [-0.3, -0.25) is 9.59 Å². The summed E-state index contributed by atoms with van der Waals surface area (Å²) in [6.45, 7) is 5.47. The first kappa shape index (κ1) is 39.0. The molecular weight excluding hydrogens is 634 g/mol. The van der Waals surface area contributed by atoms with Gasteiger partial charge in [-0.15, -0.1) is 0 Å². The Bertz CT molecular complexity index is 1070. The van der Waals surface area contributed by atoms with E-state index in [0.29, 0.717) is 12.8 Å². The number of carbonyl (C=O) groups is 3. The van der Waals surface area contributed by atoms with Crippen LogP contribution in [0.5, 0.6) is 0 Å². The number of Topliss-reactive ketones (excluding diaryl/α,β-unsaturated/α-hetero) is 1. The Morgan fingerprint density at radius 3 is 2.15 bits per heavy atom. The first-order valence-corrected chi connectivity index (χ1v) is 17.4. The molecule has 0 radical (unpaired) electrons. The molecule has 2 heterocycles. The van der Waals surface area contributed by atoms with Gasteiger partial charge < -0.3 is 59.6 Å². The van der Waals surface area contributed by atoms with Crippen molar-refractivity contribution in [3.63, 3.8) is 0 Å². The molecule has 4 aliphatic rings. The van der Waals surface area contributed by atoms with Crippen LogP contribution in [0.25, 0.3) is 0 Å². The lowest BCUT2D eigenvalue weighted by molar-refractivity contribution is -0.338. The number of aliphatic carboxylic acids is 1. The van der Waals surface area contributed by atoms with Gasteiger partial charge in [0.15, 0.2) is 18.7 Å². The van der Waals surface area contributed by atoms with Gasteiger partial charge in [0.05, 0.1) is 24.9 Å². The van der Waals surface area contributed by atoms with Gasteiger partial charge >= 0.3 is 5.97 Å². The predicted molar refractivity (Wildman–Crippen MR) is 166 cm³/mol. The number of nitrogens with one attached hydrogen (secondary N) is 1. The summed E-state index contributed by atoms with van der Waals surface area (Å²) < 4.78 is 30.6. The Labute approximate surface area is 281 Å². The van der Waals surface area contributed by atoms with Crippen molar-refractivity contribution in [2.45, 2.75) is 165 Å². The van der Waals surface area contributed by atoms with Crippen LogP contribution in [0.1, 0.15) is 85.5 Å². The third kappa shape index (κ3) is 9.30. The number of rotatable bonds is 13. The summed E-state index contributed by atoms with van der Waals surface area (Å²) in [5.74, 6) is -2.46. The van der Waals surface area contributed by atoms with Gasteiger partial charge in [0.25, 0.3) is 0 Å². The summed E-state index contributed by atoms with van der Waals surface area (Å²) in [5, 5.41) is 65.6. The molecule has 1 amide bonds. The normalized spacial score (nSPS) is 41.8. The quantitative estimate of drug-likeness (QED) is 0.135. The summed E-state index contributed by atoms with van der Waals surface area (Å²) in [7, 11) is 0. The van der Waals surface area contributed by atoms with E-state index >= 15 is 0 Å². The SMILES string of the molecule is CCC1CC(C(C)=O)C[C@@H](O[C@@H]2O[C@@H](CO)C(O)C(O[C@@H](CC3CCCCC3)C(=O)O)C2NC(C)=O)[C@H]1OC1O[C@@H](C)[C@H](O)C(O)[C@@H]1O. The molecule has 2 aliphatic heterocycles. The van der Waals surface area contributed by atoms with Crippen LogP contribution in [-0.2, 0) is 38.1 Å². The zero-order valence-electron chi connectivity index (χ0n) is 28.3. The van der Waals surface area contributed by atoms with Crippen LogP contribution in [0.3, 0.4) is 0 Å². The van der Waals surface area contributed by atoms with Gasteiger partial charge in [0.2, 0.25) is 5.91 Å². The maximum Gasteiger partial charge on any atom is 0.332 e. The minimum absolute atomic E-state index is 0.0820. The smallest absolute Gasteiger partial charge is 0.332 e. The lowest BCUT2D eigenvalue weighted by Crippen LogP contribution is -2.67. The number of aliphatic hydroxyl groups excluding tert-OH is 5. The second kappa shape index (κ2) is 17.4. The Morgan fingerprint density at radius 1 is 0.875 bits per heavy atom. The third-order valence-corrected chi connectivity index (χ3v) is 10.5. The van der Waals surface area contributed by atoms with Gasteiger partial charge in [-0.25, -0.2) is 4.79 Å². The lowest BCUT2D eigenvalue weighted by atomic mass is 9.75. The zero-order valence-corrected chi connectivity index (χ0v) is 28.3. The number of hydrogen-bond donors (Lipinski definition) is 7. The van der Waals surface area contributed by atoms with E-state index in [9.17, 15) is 45.0 Å². The van der Waals surface area contributed by atoms with Crippen LogP contribution in [0, 0.1) is 17.8 Å². The highest BCUT2D eigenvalue weighted by atomic mass is 16.7. The van der Waals surface area contributed by atoms with Crippen LogP contribution in [-0.4, -0.2) is 135 Å². The van der Waals surface area contributed by atoms with Crippen LogP contribution >= 0.6 is 0 Å². The number of ketones is 1. The van der Waals surface area contributed by atoms with E-state index < -0.39 is 104 Å². The number of carboxylic acids is 1. The molecule has 0 aromatic rings. The van der Waals surface area contributed by atoms with Crippen molar-refractivity contribution in [1.29, 1.82) is 0 Å². The number of ether oxygens (including phenoxy) is 5. The standard InChI is InChI=1S/C33H55NO14/c1-5-19-12-20(15(2)36)13-21(29(19)48-33-28(41)27(40)25(38)16(3)44-33)46-32-24(34-17(4)37)30(26(39)23(14-35)47-32)45-22(31(42)43)11-18-9-7-6-8-10-18/h16,18-30,32-33,35,38-41H,5-14H2,1-4H3,(H,34,37)(H,42,43)/t16-,19?,20?,21+,22-,23-,24?,25-,26?,27?,28-,29-,30?,32+,33?/m0/s1. The Balaban J connectivity index is 1.64. The molecule has 15 heteroatoms. The van der Waals surface area contributed by atoms with E-state index in [-0.39, 0.29) is 30.5 Å². The number of amides is 1. The highest BCUT2D eigenvalue weighted by Gasteiger charge is 2.52. The van der Waals surface area contributed by atoms with E-state index in [1.165, 1.54) is 20.8 Å². The molecule has 15 nitrogen and oxygen atoms in total. The van der Waals surface area contributed by atoms with Crippen molar-refractivity contribution in [2.24, 2.45) is 17.8 Å². The Kier molecular flexibility index (Phi) is 14.2. The van der Waals surface area contributed by atoms with E-state index in [4.69, 9.17) is 23.7 Å². The van der Waals surface area contributed by atoms with Gasteiger partial charge in [-0.1, -0.05) is 45.4 Å². The van der Waals surface area contributed by atoms with E-state index in [0.717, 1.165) is 32.1 Å². The topological polar surface area (TPSA) is 231 Å². The fraction of sp³-hybridized carbons (Fsp3) is 0.909. The summed E-state index contributed by atoms with van der Waals surface area (Å²) in [5.41, 5.74) is 0. The average Bonchev–Trinajstić information content (AvgIpc) is 3.05. The summed E-state index contributed by atoms with van der Waals surface area (Å²) in [6.07, 6.45) is -9.25. The Morgan fingerprint density at radius 2 is 1.56 bits per heavy atom. The molecule has 0 aromatic carbocycles. The minimum Gasteiger partial charge on any atom is -0.479 e. The molecule has 0 spiro atoms. The highest BCUT2D eigenvalue weighted by Crippen LogP contribution is 2.40. The van der Waals surface area contributed by atoms with Crippen LogP contribution in [0.2, 0.25) is 0 Å². The van der Waals surface area contributed by atoms with Gasteiger partial charge in [0.1, 0.15) is 48.4 Å². The molecule has 276 valence electrons. The van der Waals surface area contributed by atoms with Crippen molar-refractivity contribution >= 4 is 17.7 Å². The number of carboxylic acid groups (broad SMARTS) is 1. The molecule has 0 bridgehead atoms. The van der Waals surface area contributed by atoms with Crippen molar-refractivity contribution in [3.05, 3.63) is 0 Å². The van der Waals surface area contributed by atoms with Gasteiger partial charge in [-0.05, 0) is 44.9 Å². The number of aliphatic hydroxyl groups is 5. The second-order valence-electron chi connectivity index (χ2n) is 14.0. The monoisotopic (exact) mass is 689 g/mol. The van der Waals surface area contributed by atoms with Gasteiger partial charge in [-0.2, -0.15) is 0 Å². The lowest BCUT2D eigenvalue weighted by Gasteiger charge is -2.49. The molecule has 48 heavy (non-hydrogen) atoms. The van der Waals surface area contributed by atoms with Crippen molar-refractivity contribution in [2.75, 3.05) is 6.61 Å². The first-order valence-electron chi connectivity index (χ1n) is 17.4. The largest absolute Gasteiger partial charge is 0.479 e. The maximum atomic E-state index is 12.7. The third-order valence-electron chi connectivity index (χ3n) is 10.5. The van der Waals surface area contributed by atoms with Crippen molar-refractivity contribution < 1.29 is 68.7 Å². The summed E-state index contributed by atoms with van der Waals surface area (Å²) in [4.78, 5) is 37.6. The molecule has 4 rings (SSSR count). The Hall–Kier alpha value is -1.79. The minimum atomic E-state index is -1.60. The fourth-order valence-corrected chi connectivity index (χ4v) is 7.69. The fourth-order valence-electron chi connectivity index (χ4n) is 7.69. The molecule has 7 N–H and O–H groups in total. The highest BCUT2D eigenvalue weighted by molar-refractivity contribution is 5.78. The predicted octanol–water partition coefficient (Wildman–Crippen LogP) is 0.00110. The maximum absolute atomic E-state index is 12.7. The molecular formula is C33H55NO14. The van der Waals surface area contributed by atoms with Crippen molar-refractivity contribution in [3.8, 4) is 0 Å². The molecule has 15 atom stereocenters. The molecule has 4 fully saturated rings. The van der Waals surface area contributed by atoms with Gasteiger partial charge in [0, 0.05) is 12.8 Å². The molecule has 2 saturated heterocycles. The van der Waals surface area contributed by atoms with Crippen LogP contribution in [0.4, 0.5) is 0 Å².